The van der Waals surface area contributed by atoms with Crippen molar-refractivity contribution in [1.82, 2.24) is 0 Å². The van der Waals surface area contributed by atoms with Gasteiger partial charge in [-0.2, -0.15) is 0 Å². The Morgan fingerprint density at radius 1 is 1.32 bits per heavy atom. The van der Waals surface area contributed by atoms with Crippen molar-refractivity contribution in [1.29, 1.82) is 0 Å². The van der Waals surface area contributed by atoms with Crippen molar-refractivity contribution in [3.05, 3.63) is 57.5 Å². The number of nitrogens with one attached hydrogen (secondary N) is 1. The van der Waals surface area contributed by atoms with Gasteiger partial charge in [0.1, 0.15) is 10.7 Å². The molecule has 2 aromatic rings. The van der Waals surface area contributed by atoms with E-state index in [9.17, 15) is 14.0 Å². The second-order valence-electron chi connectivity index (χ2n) is 4.30. The van der Waals surface area contributed by atoms with Crippen LogP contribution in [0.25, 0.3) is 4.85 Å². The first kappa shape index (κ1) is 15.7. The Morgan fingerprint density at radius 2 is 1.95 bits per heavy atom. The molecule has 0 aliphatic rings. The summed E-state index contributed by atoms with van der Waals surface area (Å²) in [6.07, 6.45) is 0. The number of halogens is 1. The normalized spacial score (nSPS) is 9.91. The molecule has 112 valence electrons. The maximum absolute atomic E-state index is 12.9. The van der Waals surface area contributed by atoms with E-state index in [-0.39, 0.29) is 16.1 Å². The lowest BCUT2D eigenvalue weighted by molar-refractivity contribution is 0.0607. The number of hydrogen-bond acceptors (Lipinski definition) is 4. The van der Waals surface area contributed by atoms with E-state index in [0.717, 1.165) is 11.3 Å². The molecule has 1 aromatic heterocycles. The molecule has 0 atom stereocenters. The average Bonchev–Trinajstić information content (AvgIpc) is 2.83. The minimum atomic E-state index is -0.624. The van der Waals surface area contributed by atoms with Crippen molar-refractivity contribution >= 4 is 33.9 Å². The molecule has 0 radical (unpaired) electrons. The molecule has 0 aliphatic carbocycles. The lowest BCUT2D eigenvalue weighted by atomic mass is 10.2. The van der Waals surface area contributed by atoms with Gasteiger partial charge in [0.25, 0.3) is 5.91 Å². The monoisotopic (exact) mass is 318 g/mol. The van der Waals surface area contributed by atoms with Gasteiger partial charge in [-0.15, -0.1) is 11.3 Å². The zero-order valence-electron chi connectivity index (χ0n) is 11.8. The van der Waals surface area contributed by atoms with Crippen LogP contribution in [0.1, 0.15) is 25.6 Å². The molecule has 0 fully saturated rings. The molecule has 1 N–H and O–H groups in total. The van der Waals surface area contributed by atoms with Crippen molar-refractivity contribution < 1.29 is 18.7 Å². The van der Waals surface area contributed by atoms with Gasteiger partial charge in [0, 0.05) is 5.56 Å². The van der Waals surface area contributed by atoms with Crippen LogP contribution in [-0.2, 0) is 4.74 Å². The second kappa shape index (κ2) is 6.37. The zero-order valence-corrected chi connectivity index (χ0v) is 12.6. The SMILES string of the molecule is [C-]#[N+]c1c(C(=O)OC)sc(NC(=O)c2ccc(F)cc2)c1C. The predicted molar refractivity (Wildman–Crippen MR) is 81.0 cm³/mol. The molecule has 1 aromatic carbocycles. The third-order valence-electron chi connectivity index (χ3n) is 2.93. The summed E-state index contributed by atoms with van der Waals surface area (Å²) in [5, 5.41) is 3.02. The van der Waals surface area contributed by atoms with Crippen molar-refractivity contribution in [2.45, 2.75) is 6.92 Å². The Kier molecular flexibility index (Phi) is 4.53. The van der Waals surface area contributed by atoms with Crippen LogP contribution >= 0.6 is 11.3 Å². The van der Waals surface area contributed by atoms with Crippen molar-refractivity contribution in [3.8, 4) is 0 Å². The molecule has 0 unspecified atom stereocenters. The minimum absolute atomic E-state index is 0.143. The molecule has 5 nitrogen and oxygen atoms in total. The number of carbonyl (C=O) groups excluding carboxylic acids is 2. The Balaban J connectivity index is 2.32. The van der Waals surface area contributed by atoms with Crippen LogP contribution in [0, 0.1) is 19.3 Å². The summed E-state index contributed by atoms with van der Waals surface area (Å²) in [4.78, 5) is 27.2. The number of ether oxygens (including phenoxy) is 1. The Morgan fingerprint density at radius 3 is 2.50 bits per heavy atom. The molecular formula is C15H11FN2O3S. The summed E-state index contributed by atoms with van der Waals surface area (Å²) < 4.78 is 17.5. The first-order valence-corrected chi connectivity index (χ1v) is 6.95. The van der Waals surface area contributed by atoms with Crippen LogP contribution in [-0.4, -0.2) is 19.0 Å². The molecule has 0 spiro atoms. The summed E-state index contributed by atoms with van der Waals surface area (Å²) in [5.41, 5.74) is 0.931. The van der Waals surface area contributed by atoms with Gasteiger partial charge in [0.2, 0.25) is 5.69 Å². The number of esters is 1. The number of nitrogens with zero attached hydrogens (tertiary/aromatic N) is 1. The van der Waals surface area contributed by atoms with Gasteiger partial charge in [-0.05, 0) is 36.8 Å². The average molecular weight is 318 g/mol. The summed E-state index contributed by atoms with van der Waals surface area (Å²) >= 11 is 0.975. The van der Waals surface area contributed by atoms with Gasteiger partial charge in [-0.25, -0.2) is 14.0 Å². The fourth-order valence-electron chi connectivity index (χ4n) is 1.77. The first-order chi connectivity index (χ1) is 10.5. The van der Waals surface area contributed by atoms with E-state index in [0.29, 0.717) is 10.6 Å². The molecule has 22 heavy (non-hydrogen) atoms. The van der Waals surface area contributed by atoms with Crippen LogP contribution in [0.4, 0.5) is 15.1 Å². The number of benzene rings is 1. The predicted octanol–water partition coefficient (Wildman–Crippen LogP) is 3.79. The summed E-state index contributed by atoms with van der Waals surface area (Å²) in [6, 6.07) is 5.07. The minimum Gasteiger partial charge on any atom is -0.466 e. The molecular weight excluding hydrogens is 307 g/mol. The highest BCUT2D eigenvalue weighted by atomic mass is 32.1. The van der Waals surface area contributed by atoms with Gasteiger partial charge < -0.3 is 10.1 Å². The molecule has 0 saturated carbocycles. The zero-order chi connectivity index (χ0) is 16.3. The summed E-state index contributed by atoms with van der Waals surface area (Å²) in [5.74, 6) is -1.51. The maximum atomic E-state index is 12.9. The number of amides is 1. The number of hydrogen-bond donors (Lipinski definition) is 1. The Hall–Kier alpha value is -2.72. The number of methoxy groups -OCH3 is 1. The van der Waals surface area contributed by atoms with E-state index in [2.05, 4.69) is 14.9 Å². The smallest absolute Gasteiger partial charge is 0.337 e. The fraction of sp³-hybridized carbons (Fsp3) is 0.133. The van der Waals surface area contributed by atoms with Crippen LogP contribution in [0.5, 0.6) is 0 Å². The maximum Gasteiger partial charge on any atom is 0.337 e. The fourth-order valence-corrected chi connectivity index (χ4v) is 2.83. The molecule has 0 saturated heterocycles. The largest absolute Gasteiger partial charge is 0.466 e. The molecule has 1 heterocycles. The van der Waals surface area contributed by atoms with Crippen LogP contribution in [0.15, 0.2) is 24.3 Å². The topological polar surface area (TPSA) is 59.8 Å². The van der Waals surface area contributed by atoms with Crippen molar-refractivity contribution in [2.75, 3.05) is 12.4 Å². The third-order valence-corrected chi connectivity index (χ3v) is 4.11. The lowest BCUT2D eigenvalue weighted by Gasteiger charge is -2.04. The van der Waals surface area contributed by atoms with Gasteiger partial charge in [-0.3, -0.25) is 4.79 Å². The van der Waals surface area contributed by atoms with Crippen LogP contribution in [0.3, 0.4) is 0 Å². The van der Waals surface area contributed by atoms with Crippen molar-refractivity contribution in [3.63, 3.8) is 0 Å². The summed E-state index contributed by atoms with van der Waals surface area (Å²) in [7, 11) is 1.22. The number of rotatable bonds is 3. The molecule has 7 heteroatoms. The standard InChI is InChI=1S/C15H11FN2O3S/c1-8-11(17-2)12(15(20)21-3)22-14(8)18-13(19)9-4-6-10(16)7-5-9/h4-7H,1,3H3,(H,18,19). The highest BCUT2D eigenvalue weighted by Gasteiger charge is 2.22. The lowest BCUT2D eigenvalue weighted by Crippen LogP contribution is -2.11. The first-order valence-electron chi connectivity index (χ1n) is 6.14. The van der Waals surface area contributed by atoms with E-state index in [1.807, 2.05) is 0 Å². The van der Waals surface area contributed by atoms with Crippen LogP contribution < -0.4 is 5.32 Å². The van der Waals surface area contributed by atoms with E-state index in [4.69, 9.17) is 6.57 Å². The van der Waals surface area contributed by atoms with Gasteiger partial charge >= 0.3 is 5.97 Å². The molecule has 0 bridgehead atoms. The molecule has 2 rings (SSSR count). The summed E-state index contributed by atoms with van der Waals surface area (Å²) in [6.45, 7) is 8.78. The number of anilines is 1. The molecule has 0 aliphatic heterocycles. The quantitative estimate of drug-likeness (QED) is 0.692. The van der Waals surface area contributed by atoms with Crippen molar-refractivity contribution in [2.24, 2.45) is 0 Å². The van der Waals surface area contributed by atoms with Crippen LogP contribution in [0.2, 0.25) is 0 Å². The van der Waals surface area contributed by atoms with Gasteiger partial charge in [0.05, 0.1) is 18.7 Å². The highest BCUT2D eigenvalue weighted by molar-refractivity contribution is 7.19. The third kappa shape index (κ3) is 2.97. The van der Waals surface area contributed by atoms with E-state index < -0.39 is 17.7 Å². The highest BCUT2D eigenvalue weighted by Crippen LogP contribution is 2.39. The van der Waals surface area contributed by atoms with E-state index >= 15 is 0 Å². The Bertz CT molecular complexity index is 775. The van der Waals surface area contributed by atoms with E-state index in [1.54, 1.807) is 6.92 Å². The number of carbonyl (C=O) groups is 2. The van der Waals surface area contributed by atoms with Gasteiger partial charge in [0.15, 0.2) is 0 Å². The van der Waals surface area contributed by atoms with E-state index in [1.165, 1.54) is 31.4 Å². The molecule has 1 amide bonds. The second-order valence-corrected chi connectivity index (χ2v) is 5.32. The Labute approximate surface area is 130 Å². The van der Waals surface area contributed by atoms with Gasteiger partial charge in [-0.1, -0.05) is 0 Å². The number of thiophene rings is 1.